The minimum atomic E-state index is -0.420. The highest BCUT2D eigenvalue weighted by molar-refractivity contribution is 8.27. The molecule has 0 unspecified atom stereocenters. The van der Waals surface area contributed by atoms with Crippen LogP contribution in [0, 0.1) is 5.82 Å². The van der Waals surface area contributed by atoms with Crippen LogP contribution >= 0.6 is 24.0 Å². The fourth-order valence-corrected chi connectivity index (χ4v) is 4.82. The molecule has 0 saturated carbocycles. The normalized spacial score (nSPS) is 15.1. The number of carbonyl (C=O) groups is 1. The second-order valence-electron chi connectivity index (χ2n) is 9.04. The molecule has 0 atom stereocenters. The first kappa shape index (κ1) is 24.9. The van der Waals surface area contributed by atoms with Crippen LogP contribution in [0.2, 0.25) is 0 Å². The lowest BCUT2D eigenvalue weighted by Gasteiger charge is -2.19. The maximum absolute atomic E-state index is 13.6. The summed E-state index contributed by atoms with van der Waals surface area (Å²) in [4.78, 5) is 14.7. The smallest absolute Gasteiger partial charge is 0.270 e. The van der Waals surface area contributed by atoms with Crippen LogP contribution in [-0.2, 0) is 10.2 Å². The highest BCUT2D eigenvalue weighted by Crippen LogP contribution is 2.36. The molecule has 35 heavy (non-hydrogen) atoms. The minimum Gasteiger partial charge on any atom is -0.490 e. The summed E-state index contributed by atoms with van der Waals surface area (Å²) in [6.45, 7) is 7.32. The fourth-order valence-electron chi connectivity index (χ4n) is 3.52. The molecule has 7 heteroatoms. The lowest BCUT2D eigenvalue weighted by atomic mass is 9.87. The Hall–Kier alpha value is -3.16. The van der Waals surface area contributed by atoms with Gasteiger partial charge in [-0.25, -0.2) is 4.39 Å². The maximum Gasteiger partial charge on any atom is 0.270 e. The summed E-state index contributed by atoms with van der Waals surface area (Å²) >= 11 is 6.55. The predicted molar refractivity (Wildman–Crippen MR) is 145 cm³/mol. The van der Waals surface area contributed by atoms with E-state index in [0.29, 0.717) is 33.9 Å². The molecule has 1 saturated heterocycles. The van der Waals surface area contributed by atoms with Gasteiger partial charge in [-0.2, -0.15) is 0 Å². The van der Waals surface area contributed by atoms with Crippen molar-refractivity contribution in [1.29, 1.82) is 0 Å². The molecule has 0 spiro atoms. The van der Waals surface area contributed by atoms with E-state index in [-0.39, 0.29) is 11.3 Å². The summed E-state index contributed by atoms with van der Waals surface area (Å²) in [6.07, 6.45) is 1.76. The van der Waals surface area contributed by atoms with Crippen LogP contribution in [0.5, 0.6) is 11.5 Å². The second-order valence-corrected chi connectivity index (χ2v) is 10.7. The molecule has 3 aromatic carbocycles. The average Bonchev–Trinajstić information content (AvgIpc) is 3.09. The van der Waals surface area contributed by atoms with Crippen LogP contribution in [0.15, 0.2) is 77.7 Å². The molecule has 3 aromatic rings. The van der Waals surface area contributed by atoms with Crippen molar-refractivity contribution in [3.05, 3.63) is 94.6 Å². The van der Waals surface area contributed by atoms with Gasteiger partial charge in [-0.3, -0.25) is 9.69 Å². The van der Waals surface area contributed by atoms with Gasteiger partial charge in [0.05, 0.1) is 10.6 Å². The van der Waals surface area contributed by atoms with Gasteiger partial charge in [-0.05, 0) is 65.1 Å². The molecule has 4 rings (SSSR count). The number of thioether (sulfide) groups is 1. The van der Waals surface area contributed by atoms with Gasteiger partial charge in [0.1, 0.15) is 30.5 Å². The highest BCUT2D eigenvalue weighted by Gasteiger charge is 2.33. The third-order valence-electron chi connectivity index (χ3n) is 5.36. The Morgan fingerprint density at radius 3 is 2.31 bits per heavy atom. The first-order valence-electron chi connectivity index (χ1n) is 11.2. The van der Waals surface area contributed by atoms with Crippen LogP contribution < -0.4 is 14.4 Å². The Bertz CT molecular complexity index is 1270. The highest BCUT2D eigenvalue weighted by atomic mass is 32.2. The number of rotatable bonds is 7. The lowest BCUT2D eigenvalue weighted by molar-refractivity contribution is -0.113. The SMILES string of the molecule is CC(C)(C)c1ccc(OCCOc2cccc(/C=C3/SC(=S)N(c4cccc(F)c4)C3=O)c2)cc1. The Morgan fingerprint density at radius 1 is 0.943 bits per heavy atom. The summed E-state index contributed by atoms with van der Waals surface area (Å²) in [5.74, 6) is 0.779. The number of hydrogen-bond donors (Lipinski definition) is 0. The molecule has 1 heterocycles. The largest absolute Gasteiger partial charge is 0.490 e. The fraction of sp³-hybridized carbons (Fsp3) is 0.214. The quantitative estimate of drug-likeness (QED) is 0.196. The van der Waals surface area contributed by atoms with Crippen LogP contribution in [-0.4, -0.2) is 23.4 Å². The number of hydrogen-bond acceptors (Lipinski definition) is 5. The lowest BCUT2D eigenvalue weighted by Crippen LogP contribution is -2.27. The van der Waals surface area contributed by atoms with Crippen LogP contribution in [0.4, 0.5) is 10.1 Å². The van der Waals surface area contributed by atoms with Crippen molar-refractivity contribution in [3.8, 4) is 11.5 Å². The number of nitrogens with zero attached hydrogens (tertiary/aromatic N) is 1. The zero-order valence-electron chi connectivity index (χ0n) is 19.8. The Kier molecular flexibility index (Phi) is 7.57. The topological polar surface area (TPSA) is 38.8 Å². The number of thiocarbonyl (C=S) groups is 1. The van der Waals surface area contributed by atoms with E-state index in [9.17, 15) is 9.18 Å². The van der Waals surface area contributed by atoms with Gasteiger partial charge in [-0.1, -0.05) is 75.1 Å². The number of anilines is 1. The van der Waals surface area contributed by atoms with Gasteiger partial charge >= 0.3 is 0 Å². The van der Waals surface area contributed by atoms with Gasteiger partial charge in [0.2, 0.25) is 0 Å². The Morgan fingerprint density at radius 2 is 1.63 bits per heavy atom. The van der Waals surface area contributed by atoms with E-state index in [1.54, 1.807) is 18.2 Å². The minimum absolute atomic E-state index is 0.103. The van der Waals surface area contributed by atoms with E-state index in [0.717, 1.165) is 11.3 Å². The molecule has 180 valence electrons. The van der Waals surface area contributed by atoms with Gasteiger partial charge in [0.15, 0.2) is 4.32 Å². The van der Waals surface area contributed by atoms with Gasteiger partial charge in [-0.15, -0.1) is 0 Å². The summed E-state index contributed by atoms with van der Waals surface area (Å²) in [5, 5.41) is 0. The third kappa shape index (κ3) is 6.29. The van der Waals surface area contributed by atoms with Crippen molar-refractivity contribution in [1.82, 2.24) is 0 Å². The van der Waals surface area contributed by atoms with Crippen LogP contribution in [0.1, 0.15) is 31.9 Å². The van der Waals surface area contributed by atoms with Gasteiger partial charge in [0, 0.05) is 0 Å². The molecule has 0 aliphatic carbocycles. The first-order valence-corrected chi connectivity index (χ1v) is 12.4. The molecule has 1 fully saturated rings. The summed E-state index contributed by atoms with van der Waals surface area (Å²) in [5.41, 5.74) is 2.58. The molecule has 1 amide bonds. The van der Waals surface area contributed by atoms with Crippen molar-refractivity contribution >= 4 is 46.0 Å². The molecule has 0 N–H and O–H groups in total. The number of benzene rings is 3. The number of carbonyl (C=O) groups excluding carboxylic acids is 1. The van der Waals surface area contributed by atoms with Crippen molar-refractivity contribution in [3.63, 3.8) is 0 Å². The van der Waals surface area contributed by atoms with E-state index in [1.165, 1.54) is 34.4 Å². The van der Waals surface area contributed by atoms with Crippen molar-refractivity contribution in [2.24, 2.45) is 0 Å². The van der Waals surface area contributed by atoms with Gasteiger partial charge in [0.25, 0.3) is 5.91 Å². The maximum atomic E-state index is 13.6. The third-order valence-corrected chi connectivity index (χ3v) is 6.66. The number of amides is 1. The predicted octanol–water partition coefficient (Wildman–Crippen LogP) is 6.99. The Balaban J connectivity index is 1.35. The molecule has 0 radical (unpaired) electrons. The molecule has 4 nitrogen and oxygen atoms in total. The van der Waals surface area contributed by atoms with Crippen LogP contribution in [0.3, 0.4) is 0 Å². The molecule has 1 aliphatic rings. The van der Waals surface area contributed by atoms with E-state index in [2.05, 4.69) is 32.9 Å². The van der Waals surface area contributed by atoms with E-state index < -0.39 is 5.82 Å². The van der Waals surface area contributed by atoms with E-state index in [4.69, 9.17) is 21.7 Å². The van der Waals surface area contributed by atoms with Gasteiger partial charge < -0.3 is 9.47 Å². The first-order chi connectivity index (χ1) is 16.7. The monoisotopic (exact) mass is 507 g/mol. The summed E-state index contributed by atoms with van der Waals surface area (Å²) in [6, 6.07) is 21.4. The standard InChI is InChI=1S/C28H26FNO3S2/c1-28(2,3)20-10-12-23(13-11-20)32-14-15-33-24-9-4-6-19(16-24)17-25-26(31)30(27(34)35-25)22-8-5-7-21(29)18-22/h4-13,16-18H,14-15H2,1-3H3/b25-17+. The molecule has 0 aromatic heterocycles. The van der Waals surface area contributed by atoms with Crippen molar-refractivity contribution in [2.45, 2.75) is 26.2 Å². The molecule has 0 bridgehead atoms. The summed E-state index contributed by atoms with van der Waals surface area (Å²) in [7, 11) is 0. The zero-order valence-corrected chi connectivity index (χ0v) is 21.4. The molecular weight excluding hydrogens is 481 g/mol. The zero-order chi connectivity index (χ0) is 25.0. The molecule has 1 aliphatic heterocycles. The Labute approximate surface area is 214 Å². The molecular formula is C28H26FNO3S2. The summed E-state index contributed by atoms with van der Waals surface area (Å²) < 4.78 is 25.6. The average molecular weight is 508 g/mol. The number of halogens is 1. The van der Waals surface area contributed by atoms with Crippen molar-refractivity contribution in [2.75, 3.05) is 18.1 Å². The van der Waals surface area contributed by atoms with Crippen LogP contribution in [0.25, 0.3) is 6.08 Å². The van der Waals surface area contributed by atoms with Crippen molar-refractivity contribution < 1.29 is 18.7 Å². The van der Waals surface area contributed by atoms with E-state index >= 15 is 0 Å². The second kappa shape index (κ2) is 10.6. The number of ether oxygens (including phenoxy) is 2. The van der Waals surface area contributed by atoms with E-state index in [1.807, 2.05) is 36.4 Å².